The van der Waals surface area contributed by atoms with Gasteiger partial charge in [0.2, 0.25) is 0 Å². The largest absolute Gasteiger partial charge is 0.512 e. The first-order chi connectivity index (χ1) is 18.4. The molecule has 1 aromatic carbocycles. The molecule has 1 aliphatic heterocycles. The van der Waals surface area contributed by atoms with Crippen LogP contribution in [0.25, 0.3) is 17.0 Å². The van der Waals surface area contributed by atoms with Crippen LogP contribution in [0.5, 0.6) is 5.75 Å². The lowest BCUT2D eigenvalue weighted by molar-refractivity contribution is 0.108. The lowest BCUT2D eigenvalue weighted by Gasteiger charge is -2.37. The Hall–Kier alpha value is -3.41. The number of halogens is 1. The molecule has 4 N–H and O–H groups in total. The van der Waals surface area contributed by atoms with Crippen LogP contribution in [0.3, 0.4) is 0 Å². The second-order valence-electron chi connectivity index (χ2n) is 9.75. The smallest absolute Gasteiger partial charge is 0.319 e. The number of rotatable bonds is 9. The van der Waals surface area contributed by atoms with Gasteiger partial charge in [0, 0.05) is 63.7 Å². The number of aliphatic hydroxyl groups is 2. The van der Waals surface area contributed by atoms with E-state index in [9.17, 15) is 15.0 Å². The number of likely N-dealkylation sites (N-methyl/N-ethyl adjacent to an activating group) is 1. The van der Waals surface area contributed by atoms with Crippen molar-refractivity contribution in [2.75, 3.05) is 65.4 Å². The van der Waals surface area contributed by atoms with Crippen LogP contribution in [0.15, 0.2) is 24.0 Å². The Morgan fingerprint density at radius 3 is 2.46 bits per heavy atom. The minimum absolute atomic E-state index is 0.0238. The molecule has 1 aliphatic rings. The maximum atomic E-state index is 12.4. The first-order valence-corrected chi connectivity index (χ1v) is 13.1. The number of nitrogens with zero attached hydrogens (tertiary/aromatic N) is 5. The Labute approximate surface area is 234 Å². The zero-order valence-corrected chi connectivity index (χ0v) is 24.1. The second-order valence-corrected chi connectivity index (χ2v) is 10.2. The van der Waals surface area contributed by atoms with E-state index < -0.39 is 6.10 Å². The van der Waals surface area contributed by atoms with Crippen molar-refractivity contribution in [3.05, 3.63) is 40.2 Å². The number of hydrogen-bond acceptors (Lipinski definition) is 9. The molecule has 212 valence electrons. The van der Waals surface area contributed by atoms with Gasteiger partial charge in [-0.2, -0.15) is 0 Å². The summed E-state index contributed by atoms with van der Waals surface area (Å²) < 4.78 is 5.78. The van der Waals surface area contributed by atoms with Crippen LogP contribution in [0.2, 0.25) is 5.02 Å². The van der Waals surface area contributed by atoms with Crippen molar-refractivity contribution in [3.8, 4) is 17.1 Å². The number of allylic oxidation sites excluding steroid dienone is 2. The van der Waals surface area contributed by atoms with Gasteiger partial charge in [-0.25, -0.2) is 14.8 Å². The van der Waals surface area contributed by atoms with E-state index >= 15 is 0 Å². The van der Waals surface area contributed by atoms with E-state index in [1.54, 1.807) is 56.1 Å². The van der Waals surface area contributed by atoms with Gasteiger partial charge < -0.3 is 40.4 Å². The predicted molar refractivity (Wildman–Crippen MR) is 154 cm³/mol. The average Bonchev–Trinajstić information content (AvgIpc) is 2.88. The van der Waals surface area contributed by atoms with Gasteiger partial charge in [-0.1, -0.05) is 11.6 Å². The van der Waals surface area contributed by atoms with Gasteiger partial charge in [0.25, 0.3) is 0 Å². The van der Waals surface area contributed by atoms with Gasteiger partial charge in [0.15, 0.2) is 5.82 Å². The van der Waals surface area contributed by atoms with Crippen molar-refractivity contribution in [1.29, 1.82) is 5.41 Å². The summed E-state index contributed by atoms with van der Waals surface area (Å²) in [6.07, 6.45) is -0.684. The van der Waals surface area contributed by atoms with Gasteiger partial charge >= 0.3 is 6.03 Å². The Balaban J connectivity index is 2.07. The topological polar surface area (TPSA) is 138 Å². The molecule has 39 heavy (non-hydrogen) atoms. The van der Waals surface area contributed by atoms with E-state index in [0.29, 0.717) is 77.5 Å². The molecule has 2 amide bonds. The molecule has 2 aromatic rings. The molecule has 1 aromatic heterocycles. The van der Waals surface area contributed by atoms with Crippen LogP contribution < -0.4 is 15.0 Å². The molecule has 0 saturated carbocycles. The summed E-state index contributed by atoms with van der Waals surface area (Å²) in [7, 11) is 5.21. The molecular formula is C27H38ClN7O4. The third kappa shape index (κ3) is 7.17. The second kappa shape index (κ2) is 13.1. The van der Waals surface area contributed by atoms with Gasteiger partial charge in [0.05, 0.1) is 16.3 Å². The highest BCUT2D eigenvalue weighted by molar-refractivity contribution is 6.33. The van der Waals surface area contributed by atoms with Gasteiger partial charge in [0.1, 0.15) is 30.0 Å². The number of carbonyl (C=O) groups excluding carboxylic acids is 1. The fourth-order valence-corrected chi connectivity index (χ4v) is 4.64. The molecule has 0 spiro atoms. The minimum Gasteiger partial charge on any atom is -0.512 e. The van der Waals surface area contributed by atoms with Gasteiger partial charge in [-0.05, 0) is 46.0 Å². The van der Waals surface area contributed by atoms with Crippen LogP contribution in [-0.2, 0) is 0 Å². The van der Waals surface area contributed by atoms with Crippen LogP contribution in [0.4, 0.5) is 10.6 Å². The molecule has 1 atom stereocenters. The van der Waals surface area contributed by atoms with Crippen LogP contribution in [0.1, 0.15) is 25.1 Å². The molecule has 1 fully saturated rings. The first kappa shape index (κ1) is 30.1. The van der Waals surface area contributed by atoms with Crippen molar-refractivity contribution in [2.24, 2.45) is 0 Å². The normalized spacial score (nSPS) is 15.1. The SMILES string of the molecule is CNC[C@@H](O)COc1ccc(Cl)c(-c2nc(/C(C(C)=N)=C(\C)O)c(C)c(N3CCN(C(=O)N(C)C)CC3)n2)c1. The van der Waals surface area contributed by atoms with Crippen molar-refractivity contribution < 1.29 is 19.7 Å². The number of hydrogen-bond donors (Lipinski definition) is 4. The lowest BCUT2D eigenvalue weighted by Crippen LogP contribution is -2.51. The zero-order valence-electron chi connectivity index (χ0n) is 23.4. The number of anilines is 1. The fourth-order valence-electron chi connectivity index (χ4n) is 4.44. The Bertz CT molecular complexity index is 1240. The van der Waals surface area contributed by atoms with Gasteiger partial charge in [-0.3, -0.25) is 0 Å². The number of ether oxygens (including phenoxy) is 1. The van der Waals surface area contributed by atoms with E-state index in [4.69, 9.17) is 31.7 Å². The Kier molecular flexibility index (Phi) is 10.1. The monoisotopic (exact) mass is 559 g/mol. The van der Waals surface area contributed by atoms with Crippen molar-refractivity contribution in [3.63, 3.8) is 0 Å². The summed E-state index contributed by atoms with van der Waals surface area (Å²) >= 11 is 6.60. The number of aliphatic hydroxyl groups excluding tert-OH is 2. The molecule has 11 nitrogen and oxygen atoms in total. The van der Waals surface area contributed by atoms with Gasteiger partial charge in [-0.15, -0.1) is 0 Å². The highest BCUT2D eigenvalue weighted by atomic mass is 35.5. The quantitative estimate of drug-likeness (QED) is 0.271. The average molecular weight is 560 g/mol. The van der Waals surface area contributed by atoms with Crippen LogP contribution in [0, 0.1) is 12.3 Å². The van der Waals surface area contributed by atoms with E-state index in [1.165, 1.54) is 6.92 Å². The third-order valence-corrected chi connectivity index (χ3v) is 6.72. The van der Waals surface area contributed by atoms with Crippen molar-refractivity contribution in [2.45, 2.75) is 26.9 Å². The number of benzene rings is 1. The summed E-state index contributed by atoms with van der Waals surface area (Å²) in [4.78, 5) is 27.5. The maximum Gasteiger partial charge on any atom is 0.319 e. The number of amides is 2. The molecule has 2 heterocycles. The summed E-state index contributed by atoms with van der Waals surface area (Å²) in [6.45, 7) is 7.62. The summed E-state index contributed by atoms with van der Waals surface area (Å²) in [5.41, 5.74) is 2.13. The van der Waals surface area contributed by atoms with E-state index in [0.717, 1.165) is 0 Å². The molecular weight excluding hydrogens is 522 g/mol. The zero-order chi connectivity index (χ0) is 28.9. The molecule has 0 unspecified atom stereocenters. The first-order valence-electron chi connectivity index (χ1n) is 12.8. The number of nitrogens with one attached hydrogen (secondary N) is 2. The summed E-state index contributed by atoms with van der Waals surface area (Å²) in [6, 6.07) is 5.06. The van der Waals surface area contributed by atoms with Crippen molar-refractivity contribution >= 4 is 34.7 Å². The Morgan fingerprint density at radius 1 is 1.23 bits per heavy atom. The van der Waals surface area contributed by atoms with Crippen LogP contribution in [-0.4, -0.2) is 108 Å². The minimum atomic E-state index is -0.684. The highest BCUT2D eigenvalue weighted by Crippen LogP contribution is 2.35. The maximum absolute atomic E-state index is 12.4. The molecule has 12 heteroatoms. The van der Waals surface area contributed by atoms with E-state index in [1.807, 2.05) is 6.92 Å². The number of aromatic nitrogens is 2. The summed E-state index contributed by atoms with van der Waals surface area (Å²) in [5.74, 6) is 1.41. The van der Waals surface area contributed by atoms with E-state index in [-0.39, 0.29) is 24.1 Å². The van der Waals surface area contributed by atoms with E-state index in [2.05, 4.69) is 10.2 Å². The predicted octanol–water partition coefficient (Wildman–Crippen LogP) is 3.20. The lowest BCUT2D eigenvalue weighted by atomic mass is 10.0. The number of urea groups is 1. The summed E-state index contributed by atoms with van der Waals surface area (Å²) in [5, 5.41) is 32.1. The Morgan fingerprint density at radius 2 is 1.90 bits per heavy atom. The fraction of sp³-hybridized carbons (Fsp3) is 0.481. The molecule has 3 rings (SSSR count). The highest BCUT2D eigenvalue weighted by Gasteiger charge is 2.27. The molecule has 0 radical (unpaired) electrons. The van der Waals surface area contributed by atoms with Crippen LogP contribution >= 0.6 is 11.6 Å². The third-order valence-electron chi connectivity index (χ3n) is 6.39. The molecule has 0 aliphatic carbocycles. The number of piperazine rings is 1. The number of carbonyl (C=O) groups is 1. The standard InChI is InChI=1S/C27H38ClN7O4/c1-16-24(23(17(2)29)18(3)36)31-25(21-13-20(7-8-22(21)28)39-15-19(37)14-30-4)32-26(16)34-9-11-35(12-10-34)27(38)33(5)6/h7-8,13,19,29-30,36-37H,9-12,14-15H2,1-6H3/b23-18+,29-17?/t19-/m1/s1. The molecule has 0 bridgehead atoms. The molecule has 1 saturated heterocycles. The van der Waals surface area contributed by atoms with Crippen molar-refractivity contribution in [1.82, 2.24) is 25.1 Å².